The molecule has 86 valence electrons. The third kappa shape index (κ3) is 9.84. The summed E-state index contributed by atoms with van der Waals surface area (Å²) in [5.41, 5.74) is 0. The van der Waals surface area contributed by atoms with E-state index in [1.807, 2.05) is 0 Å². The highest BCUT2D eigenvalue weighted by Gasteiger charge is 2.25. The van der Waals surface area contributed by atoms with Gasteiger partial charge in [0.25, 0.3) is 0 Å². The molecule has 0 bridgehead atoms. The van der Waals surface area contributed by atoms with Crippen LogP contribution in [0.15, 0.2) is 0 Å². The zero-order valence-corrected chi connectivity index (χ0v) is 8.95. The Morgan fingerprint density at radius 1 is 1.21 bits per heavy atom. The number of rotatable bonds is 7. The van der Waals surface area contributed by atoms with Crippen LogP contribution in [0.4, 0.5) is 13.2 Å². The predicted molar refractivity (Wildman–Crippen MR) is 52.3 cm³/mol. The minimum Gasteiger partial charge on any atom is -0.314 e. The molecule has 1 atom stereocenters. The van der Waals surface area contributed by atoms with Crippen LogP contribution in [0.5, 0.6) is 0 Å². The largest absolute Gasteiger partial charge is 0.389 e. The van der Waals surface area contributed by atoms with E-state index in [-0.39, 0.29) is 6.42 Å². The van der Waals surface area contributed by atoms with Crippen molar-refractivity contribution in [1.82, 2.24) is 5.32 Å². The molecule has 0 fully saturated rings. The second-order valence-electron chi connectivity index (χ2n) is 3.72. The van der Waals surface area contributed by atoms with Gasteiger partial charge in [0.2, 0.25) is 0 Å². The Morgan fingerprint density at radius 2 is 1.86 bits per heavy atom. The fourth-order valence-electron chi connectivity index (χ4n) is 1.33. The van der Waals surface area contributed by atoms with Crippen molar-refractivity contribution >= 4 is 0 Å². The average Bonchev–Trinajstić information content (AvgIpc) is 2.02. The number of unbranched alkanes of at least 4 members (excludes halogenated alkanes) is 1. The molecule has 1 N–H and O–H groups in total. The summed E-state index contributed by atoms with van der Waals surface area (Å²) in [6.45, 7) is 4.85. The molecule has 0 saturated carbocycles. The number of hydrogen-bond donors (Lipinski definition) is 1. The first-order valence-corrected chi connectivity index (χ1v) is 5.26. The lowest BCUT2D eigenvalue weighted by Gasteiger charge is -2.12. The van der Waals surface area contributed by atoms with Crippen LogP contribution in [0.2, 0.25) is 0 Å². The van der Waals surface area contributed by atoms with Crippen LogP contribution in [0.25, 0.3) is 0 Å². The molecule has 4 heteroatoms. The van der Waals surface area contributed by atoms with Crippen LogP contribution in [-0.4, -0.2) is 18.8 Å². The lowest BCUT2D eigenvalue weighted by atomic mass is 10.2. The maximum absolute atomic E-state index is 11.7. The van der Waals surface area contributed by atoms with Gasteiger partial charge in [0, 0.05) is 12.5 Å². The Kier molecular flexibility index (Phi) is 6.97. The normalized spacial score (nSPS) is 14.4. The van der Waals surface area contributed by atoms with Crippen molar-refractivity contribution < 1.29 is 13.2 Å². The molecule has 0 aliphatic heterocycles. The van der Waals surface area contributed by atoms with Crippen LogP contribution >= 0.6 is 0 Å². The van der Waals surface area contributed by atoms with Gasteiger partial charge in [0.15, 0.2) is 0 Å². The topological polar surface area (TPSA) is 12.0 Å². The van der Waals surface area contributed by atoms with E-state index >= 15 is 0 Å². The lowest BCUT2D eigenvalue weighted by Crippen LogP contribution is -2.26. The van der Waals surface area contributed by atoms with Gasteiger partial charge in [-0.3, -0.25) is 0 Å². The van der Waals surface area contributed by atoms with Gasteiger partial charge in [-0.05, 0) is 32.7 Å². The fourth-order valence-corrected chi connectivity index (χ4v) is 1.33. The van der Waals surface area contributed by atoms with Crippen molar-refractivity contribution in [2.24, 2.45) is 0 Å². The third-order valence-electron chi connectivity index (χ3n) is 2.10. The van der Waals surface area contributed by atoms with E-state index in [0.717, 1.165) is 12.8 Å². The summed E-state index contributed by atoms with van der Waals surface area (Å²) in [7, 11) is 0. The van der Waals surface area contributed by atoms with Crippen LogP contribution in [-0.2, 0) is 0 Å². The third-order valence-corrected chi connectivity index (χ3v) is 2.10. The van der Waals surface area contributed by atoms with E-state index in [1.165, 1.54) is 0 Å². The molecule has 0 aliphatic carbocycles. The second-order valence-corrected chi connectivity index (χ2v) is 3.72. The summed E-state index contributed by atoms with van der Waals surface area (Å²) in [5.74, 6) is 0. The highest BCUT2D eigenvalue weighted by Crippen LogP contribution is 2.21. The van der Waals surface area contributed by atoms with Gasteiger partial charge in [-0.15, -0.1) is 0 Å². The van der Waals surface area contributed by atoms with Gasteiger partial charge >= 0.3 is 6.18 Å². The zero-order chi connectivity index (χ0) is 11.0. The van der Waals surface area contributed by atoms with E-state index in [2.05, 4.69) is 19.2 Å². The van der Waals surface area contributed by atoms with Crippen LogP contribution in [0.1, 0.15) is 46.0 Å². The van der Waals surface area contributed by atoms with Gasteiger partial charge in [0.05, 0.1) is 0 Å². The Bertz CT molecular complexity index is 134. The molecular weight excluding hydrogens is 191 g/mol. The highest BCUT2D eigenvalue weighted by molar-refractivity contribution is 4.60. The van der Waals surface area contributed by atoms with E-state index < -0.39 is 12.6 Å². The molecule has 0 rings (SSSR count). The van der Waals surface area contributed by atoms with E-state index in [1.54, 1.807) is 0 Å². The minimum absolute atomic E-state index is 0.231. The molecular formula is C10H20F3N. The fraction of sp³-hybridized carbons (Fsp3) is 1.00. The molecule has 1 unspecified atom stereocenters. The number of alkyl halides is 3. The van der Waals surface area contributed by atoms with Crippen molar-refractivity contribution in [3.63, 3.8) is 0 Å². The van der Waals surface area contributed by atoms with Crippen molar-refractivity contribution in [1.29, 1.82) is 0 Å². The Balaban J connectivity index is 3.21. The standard InChI is InChI=1S/C10H20F3N/c1-3-6-9(2)14-8-5-4-7-10(11,12)13/h9,14H,3-8H2,1-2H3. The summed E-state index contributed by atoms with van der Waals surface area (Å²) >= 11 is 0. The number of hydrogen-bond acceptors (Lipinski definition) is 1. The number of halogens is 3. The SMILES string of the molecule is CCCC(C)NCCCCC(F)(F)F. The smallest absolute Gasteiger partial charge is 0.314 e. The first-order valence-electron chi connectivity index (χ1n) is 5.26. The molecule has 14 heavy (non-hydrogen) atoms. The molecule has 0 amide bonds. The van der Waals surface area contributed by atoms with Crippen molar-refractivity contribution in [2.75, 3.05) is 6.54 Å². The first kappa shape index (κ1) is 13.8. The molecule has 0 saturated heterocycles. The first-order chi connectivity index (χ1) is 6.45. The maximum Gasteiger partial charge on any atom is 0.389 e. The summed E-state index contributed by atoms with van der Waals surface area (Å²) in [6, 6.07) is 0.422. The summed E-state index contributed by atoms with van der Waals surface area (Å²) in [6.07, 6.45) is -1.62. The quantitative estimate of drug-likeness (QED) is 0.635. The number of nitrogens with one attached hydrogen (secondary N) is 1. The average molecular weight is 211 g/mol. The van der Waals surface area contributed by atoms with Gasteiger partial charge in [-0.2, -0.15) is 13.2 Å². The molecule has 0 aliphatic rings. The molecule has 0 heterocycles. The monoisotopic (exact) mass is 211 g/mol. The van der Waals surface area contributed by atoms with Crippen molar-refractivity contribution in [3.8, 4) is 0 Å². The zero-order valence-electron chi connectivity index (χ0n) is 8.95. The van der Waals surface area contributed by atoms with E-state index in [0.29, 0.717) is 19.0 Å². The Morgan fingerprint density at radius 3 is 2.36 bits per heavy atom. The molecule has 0 radical (unpaired) electrons. The van der Waals surface area contributed by atoms with Gasteiger partial charge in [0.1, 0.15) is 0 Å². The summed E-state index contributed by atoms with van der Waals surface area (Å²) in [4.78, 5) is 0. The maximum atomic E-state index is 11.7. The molecule has 0 aromatic carbocycles. The van der Waals surface area contributed by atoms with Gasteiger partial charge in [-0.1, -0.05) is 13.3 Å². The second kappa shape index (κ2) is 7.10. The summed E-state index contributed by atoms with van der Waals surface area (Å²) in [5, 5.41) is 3.20. The van der Waals surface area contributed by atoms with Crippen molar-refractivity contribution in [2.45, 2.75) is 58.2 Å². The van der Waals surface area contributed by atoms with E-state index in [9.17, 15) is 13.2 Å². The van der Waals surface area contributed by atoms with Crippen LogP contribution in [0.3, 0.4) is 0 Å². The molecule has 0 aromatic rings. The Labute approximate surface area is 84.1 Å². The van der Waals surface area contributed by atoms with Crippen molar-refractivity contribution in [3.05, 3.63) is 0 Å². The van der Waals surface area contributed by atoms with Gasteiger partial charge < -0.3 is 5.32 Å². The molecule has 0 spiro atoms. The summed E-state index contributed by atoms with van der Waals surface area (Å²) < 4.78 is 35.2. The van der Waals surface area contributed by atoms with Gasteiger partial charge in [-0.25, -0.2) is 0 Å². The Hall–Kier alpha value is -0.250. The highest BCUT2D eigenvalue weighted by atomic mass is 19.4. The molecule has 1 nitrogen and oxygen atoms in total. The predicted octanol–water partition coefficient (Wildman–Crippen LogP) is 3.50. The van der Waals surface area contributed by atoms with E-state index in [4.69, 9.17) is 0 Å². The van der Waals surface area contributed by atoms with Crippen LogP contribution < -0.4 is 5.32 Å². The lowest BCUT2D eigenvalue weighted by molar-refractivity contribution is -0.135. The molecule has 0 aromatic heterocycles. The van der Waals surface area contributed by atoms with Crippen LogP contribution in [0, 0.1) is 0 Å². The minimum atomic E-state index is -3.99.